The number of rotatable bonds is 9. The van der Waals surface area contributed by atoms with E-state index < -0.39 is 0 Å². The molecule has 2 rings (SSSR count). The Morgan fingerprint density at radius 2 is 2.20 bits per heavy atom. The molecule has 1 aromatic rings. The fourth-order valence-electron chi connectivity index (χ4n) is 2.55. The third-order valence-corrected chi connectivity index (χ3v) is 4.12. The highest BCUT2D eigenvalue weighted by molar-refractivity contribution is 5.30. The van der Waals surface area contributed by atoms with Crippen molar-refractivity contribution in [2.45, 2.75) is 38.7 Å². The van der Waals surface area contributed by atoms with Crippen LogP contribution in [0.1, 0.15) is 44.3 Å². The van der Waals surface area contributed by atoms with Crippen LogP contribution in [0, 0.1) is 5.92 Å². The van der Waals surface area contributed by atoms with Crippen LogP contribution in [-0.2, 0) is 4.74 Å². The van der Waals surface area contributed by atoms with E-state index in [-0.39, 0.29) is 6.10 Å². The van der Waals surface area contributed by atoms with Crippen LogP contribution in [0.25, 0.3) is 0 Å². The lowest BCUT2D eigenvalue weighted by molar-refractivity contribution is 0.0374. The Hall–Kier alpha value is -1.06. The van der Waals surface area contributed by atoms with Crippen molar-refractivity contribution in [1.29, 1.82) is 0 Å². The summed E-state index contributed by atoms with van der Waals surface area (Å²) in [4.78, 5) is 0. The fraction of sp³-hybridized carbons (Fsp3) is 0.647. The van der Waals surface area contributed by atoms with Crippen molar-refractivity contribution < 1.29 is 9.47 Å². The van der Waals surface area contributed by atoms with Gasteiger partial charge in [-0.1, -0.05) is 38.3 Å². The average Bonchev–Trinajstić information content (AvgIpc) is 2.44. The molecule has 1 saturated carbocycles. The molecule has 0 radical (unpaired) electrons. The summed E-state index contributed by atoms with van der Waals surface area (Å²) in [5, 5.41) is 3.38. The molecule has 1 unspecified atom stereocenters. The molecule has 1 N–H and O–H groups in total. The van der Waals surface area contributed by atoms with Gasteiger partial charge in [-0.25, -0.2) is 0 Å². The number of hydrogen-bond donors (Lipinski definition) is 1. The predicted molar refractivity (Wildman–Crippen MR) is 82.2 cm³/mol. The highest BCUT2D eigenvalue weighted by Gasteiger charge is 2.18. The normalized spacial score (nSPS) is 16.7. The minimum Gasteiger partial charge on any atom is -0.497 e. The second-order valence-electron chi connectivity index (χ2n) is 5.53. The lowest BCUT2D eigenvalue weighted by Gasteiger charge is -2.26. The SMILES string of the molecule is CCNCC(OCCC1CCC1)c1cccc(OC)c1. The van der Waals surface area contributed by atoms with Crippen molar-refractivity contribution in [3.63, 3.8) is 0 Å². The van der Waals surface area contributed by atoms with Crippen molar-refractivity contribution in [1.82, 2.24) is 5.32 Å². The maximum absolute atomic E-state index is 6.12. The molecule has 3 nitrogen and oxygen atoms in total. The molecule has 0 bridgehead atoms. The number of methoxy groups -OCH3 is 1. The highest BCUT2D eigenvalue weighted by Crippen LogP contribution is 2.30. The van der Waals surface area contributed by atoms with E-state index in [2.05, 4.69) is 24.4 Å². The van der Waals surface area contributed by atoms with Crippen molar-refractivity contribution in [3.05, 3.63) is 29.8 Å². The van der Waals surface area contributed by atoms with E-state index in [1.165, 1.54) is 31.2 Å². The molecular weight excluding hydrogens is 250 g/mol. The van der Waals surface area contributed by atoms with E-state index in [0.717, 1.165) is 31.4 Å². The van der Waals surface area contributed by atoms with Crippen LogP contribution in [0.3, 0.4) is 0 Å². The maximum atomic E-state index is 6.12. The lowest BCUT2D eigenvalue weighted by Crippen LogP contribution is -2.24. The van der Waals surface area contributed by atoms with Gasteiger partial charge in [-0.15, -0.1) is 0 Å². The second kappa shape index (κ2) is 8.28. The molecule has 20 heavy (non-hydrogen) atoms. The molecule has 0 aliphatic heterocycles. The first-order valence-corrected chi connectivity index (χ1v) is 7.79. The van der Waals surface area contributed by atoms with Gasteiger partial charge in [0.05, 0.1) is 13.2 Å². The topological polar surface area (TPSA) is 30.5 Å². The van der Waals surface area contributed by atoms with Gasteiger partial charge in [0.2, 0.25) is 0 Å². The van der Waals surface area contributed by atoms with Crippen molar-refractivity contribution >= 4 is 0 Å². The largest absolute Gasteiger partial charge is 0.497 e. The summed E-state index contributed by atoms with van der Waals surface area (Å²) >= 11 is 0. The van der Waals surface area contributed by atoms with E-state index in [9.17, 15) is 0 Å². The third-order valence-electron chi connectivity index (χ3n) is 4.12. The first kappa shape index (κ1) is 15.3. The Balaban J connectivity index is 1.89. The van der Waals surface area contributed by atoms with Crippen molar-refractivity contribution in [3.8, 4) is 5.75 Å². The Morgan fingerprint density at radius 1 is 1.35 bits per heavy atom. The average molecular weight is 277 g/mol. The summed E-state index contributed by atoms with van der Waals surface area (Å²) in [5.41, 5.74) is 1.19. The van der Waals surface area contributed by atoms with Gasteiger partial charge in [-0.2, -0.15) is 0 Å². The number of likely N-dealkylation sites (N-methyl/N-ethyl adjacent to an activating group) is 1. The molecule has 0 spiro atoms. The van der Waals surface area contributed by atoms with E-state index in [1.54, 1.807) is 7.11 Å². The molecule has 1 aliphatic carbocycles. The number of nitrogens with one attached hydrogen (secondary N) is 1. The minimum absolute atomic E-state index is 0.116. The Bertz CT molecular complexity index is 390. The van der Waals surface area contributed by atoms with Crippen molar-refractivity contribution in [2.75, 3.05) is 26.8 Å². The molecule has 0 aromatic heterocycles. The Kier molecular flexibility index (Phi) is 6.34. The van der Waals surface area contributed by atoms with Crippen LogP contribution >= 0.6 is 0 Å². The zero-order valence-electron chi connectivity index (χ0n) is 12.7. The summed E-state index contributed by atoms with van der Waals surface area (Å²) in [5.74, 6) is 1.80. The lowest BCUT2D eigenvalue weighted by atomic mass is 9.83. The van der Waals surface area contributed by atoms with Gasteiger partial charge in [0, 0.05) is 13.2 Å². The van der Waals surface area contributed by atoms with Gasteiger partial charge < -0.3 is 14.8 Å². The summed E-state index contributed by atoms with van der Waals surface area (Å²) < 4.78 is 11.4. The Morgan fingerprint density at radius 3 is 2.85 bits per heavy atom. The molecule has 1 fully saturated rings. The van der Waals surface area contributed by atoms with Crippen LogP contribution in [0.4, 0.5) is 0 Å². The molecule has 112 valence electrons. The first-order chi connectivity index (χ1) is 9.83. The molecule has 1 aromatic carbocycles. The van der Waals surface area contributed by atoms with Crippen LogP contribution < -0.4 is 10.1 Å². The van der Waals surface area contributed by atoms with E-state index >= 15 is 0 Å². The second-order valence-corrected chi connectivity index (χ2v) is 5.53. The summed E-state index contributed by atoms with van der Waals surface area (Å²) in [7, 11) is 1.70. The standard InChI is InChI=1S/C17H27NO2/c1-3-18-13-17(20-11-10-14-6-4-7-14)15-8-5-9-16(12-15)19-2/h5,8-9,12,14,17-18H,3-4,6-7,10-11,13H2,1-2H3. The maximum Gasteiger partial charge on any atom is 0.119 e. The van der Waals surface area contributed by atoms with E-state index in [4.69, 9.17) is 9.47 Å². The Labute approximate surface area is 122 Å². The van der Waals surface area contributed by atoms with E-state index in [0.29, 0.717) is 0 Å². The van der Waals surface area contributed by atoms with Gasteiger partial charge in [-0.05, 0) is 36.6 Å². The van der Waals surface area contributed by atoms with E-state index in [1.807, 2.05) is 12.1 Å². The smallest absolute Gasteiger partial charge is 0.119 e. The highest BCUT2D eigenvalue weighted by atomic mass is 16.5. The summed E-state index contributed by atoms with van der Waals surface area (Å²) in [6.45, 7) is 4.80. The molecule has 3 heteroatoms. The van der Waals surface area contributed by atoms with Gasteiger partial charge >= 0.3 is 0 Å². The number of ether oxygens (including phenoxy) is 2. The fourth-order valence-corrected chi connectivity index (χ4v) is 2.55. The molecule has 0 amide bonds. The molecule has 0 saturated heterocycles. The molecular formula is C17H27NO2. The van der Waals surface area contributed by atoms with Gasteiger partial charge in [0.25, 0.3) is 0 Å². The molecule has 1 atom stereocenters. The summed E-state index contributed by atoms with van der Waals surface area (Å²) in [6, 6.07) is 8.20. The zero-order chi connectivity index (χ0) is 14.2. The third kappa shape index (κ3) is 4.50. The summed E-state index contributed by atoms with van der Waals surface area (Å²) in [6.07, 6.45) is 5.50. The minimum atomic E-state index is 0.116. The molecule has 0 heterocycles. The van der Waals surface area contributed by atoms with Crippen LogP contribution in [0.2, 0.25) is 0 Å². The van der Waals surface area contributed by atoms with Gasteiger partial charge in [0.15, 0.2) is 0 Å². The van der Waals surface area contributed by atoms with Crippen LogP contribution in [0.15, 0.2) is 24.3 Å². The van der Waals surface area contributed by atoms with Gasteiger partial charge in [0.1, 0.15) is 5.75 Å². The number of benzene rings is 1. The number of hydrogen-bond acceptors (Lipinski definition) is 3. The van der Waals surface area contributed by atoms with Crippen LogP contribution in [0.5, 0.6) is 5.75 Å². The van der Waals surface area contributed by atoms with Crippen LogP contribution in [-0.4, -0.2) is 26.8 Å². The van der Waals surface area contributed by atoms with Gasteiger partial charge in [-0.3, -0.25) is 0 Å². The van der Waals surface area contributed by atoms with Crippen molar-refractivity contribution in [2.24, 2.45) is 5.92 Å². The predicted octanol–water partition coefficient (Wildman–Crippen LogP) is 3.55. The zero-order valence-corrected chi connectivity index (χ0v) is 12.7. The molecule has 1 aliphatic rings. The quantitative estimate of drug-likeness (QED) is 0.748. The first-order valence-electron chi connectivity index (χ1n) is 7.79. The monoisotopic (exact) mass is 277 g/mol.